The molecule has 0 radical (unpaired) electrons. The number of amidine groups is 1. The van der Waals surface area contributed by atoms with E-state index in [0.717, 1.165) is 0 Å². The highest BCUT2D eigenvalue weighted by molar-refractivity contribution is 6.51. The average molecular weight is 208 g/mol. The van der Waals surface area contributed by atoms with Crippen LogP contribution in [-0.4, -0.2) is 29.8 Å². The van der Waals surface area contributed by atoms with Gasteiger partial charge in [0.1, 0.15) is 11.3 Å². The van der Waals surface area contributed by atoms with Crippen LogP contribution in [0.1, 0.15) is 13.8 Å². The first-order valence-electron chi connectivity index (χ1n) is 4.39. The number of nitrogens with one attached hydrogen (secondary N) is 2. The van der Waals surface area contributed by atoms with Crippen LogP contribution >= 0.6 is 0 Å². The van der Waals surface area contributed by atoms with Gasteiger partial charge in [0, 0.05) is 0 Å². The summed E-state index contributed by atoms with van der Waals surface area (Å²) >= 11 is 0. The largest absolute Gasteiger partial charge is 0.462 e. The van der Waals surface area contributed by atoms with Gasteiger partial charge in [-0.1, -0.05) is 0 Å². The first-order chi connectivity index (χ1) is 6.99. The van der Waals surface area contributed by atoms with Crippen LogP contribution in [0.4, 0.5) is 0 Å². The van der Waals surface area contributed by atoms with Gasteiger partial charge >= 0.3 is 5.97 Å². The molecule has 1 aliphatic rings. The van der Waals surface area contributed by atoms with E-state index in [2.05, 4.69) is 4.99 Å². The van der Waals surface area contributed by atoms with E-state index >= 15 is 0 Å². The number of nitrogens with zero attached hydrogens (tertiary/aromatic N) is 1. The quantitative estimate of drug-likeness (QED) is 0.564. The van der Waals surface area contributed by atoms with Gasteiger partial charge in [-0.05, 0) is 13.8 Å². The number of aliphatic imine (C=N–C) groups is 1. The van der Waals surface area contributed by atoms with Gasteiger partial charge in [0.25, 0.3) is 0 Å². The molecule has 0 aliphatic carbocycles. The molecule has 0 atom stereocenters. The van der Waals surface area contributed by atoms with Crippen molar-refractivity contribution < 1.29 is 9.53 Å². The highest BCUT2D eigenvalue weighted by atomic mass is 16.5. The molecular formula is C9H12N4O2. The van der Waals surface area contributed by atoms with Crippen molar-refractivity contribution in [2.75, 3.05) is 6.61 Å². The van der Waals surface area contributed by atoms with Gasteiger partial charge in [0.05, 0.1) is 18.0 Å². The van der Waals surface area contributed by atoms with Crippen molar-refractivity contribution >= 4 is 23.2 Å². The molecule has 0 unspecified atom stereocenters. The molecule has 0 fully saturated rings. The standard InChI is InChI=1S/C9H12N4O2/c1-3-15-9(14)5-4(2)13-8(12)7(11)6(5)10/h11-12H,3,10H2,1-2H3. The number of dihydropyridines is 1. The summed E-state index contributed by atoms with van der Waals surface area (Å²) in [6.07, 6.45) is 0. The van der Waals surface area contributed by atoms with Crippen molar-refractivity contribution in [1.82, 2.24) is 0 Å². The van der Waals surface area contributed by atoms with Crippen LogP contribution in [0, 0.1) is 10.8 Å². The number of carbonyl (C=O) groups is 1. The molecule has 0 aromatic rings. The Kier molecular flexibility index (Phi) is 2.99. The Hall–Kier alpha value is -1.98. The minimum Gasteiger partial charge on any atom is -0.462 e. The summed E-state index contributed by atoms with van der Waals surface area (Å²) in [4.78, 5) is 15.2. The summed E-state index contributed by atoms with van der Waals surface area (Å²) in [7, 11) is 0. The second-order valence-corrected chi connectivity index (χ2v) is 2.93. The van der Waals surface area contributed by atoms with Gasteiger partial charge in [-0.25, -0.2) is 9.79 Å². The monoisotopic (exact) mass is 208 g/mol. The molecule has 6 heteroatoms. The number of esters is 1. The van der Waals surface area contributed by atoms with Crippen LogP contribution in [0.2, 0.25) is 0 Å². The molecule has 1 rings (SSSR count). The fraction of sp³-hybridized carbons (Fsp3) is 0.333. The predicted octanol–water partition coefficient (Wildman–Crippen LogP) is 0.234. The first kappa shape index (κ1) is 11.1. The number of carbonyl (C=O) groups excluding carboxylic acids is 1. The van der Waals surface area contributed by atoms with E-state index in [9.17, 15) is 4.79 Å². The van der Waals surface area contributed by atoms with Crippen LogP contribution in [-0.2, 0) is 9.53 Å². The molecule has 0 spiro atoms. The van der Waals surface area contributed by atoms with Crippen molar-refractivity contribution in [3.63, 3.8) is 0 Å². The van der Waals surface area contributed by atoms with E-state index < -0.39 is 5.97 Å². The van der Waals surface area contributed by atoms with Gasteiger partial charge in [-0.2, -0.15) is 0 Å². The lowest BCUT2D eigenvalue weighted by Crippen LogP contribution is -2.31. The van der Waals surface area contributed by atoms with Crippen LogP contribution in [0.3, 0.4) is 0 Å². The third kappa shape index (κ3) is 1.93. The van der Waals surface area contributed by atoms with E-state index in [4.69, 9.17) is 21.3 Å². The first-order valence-corrected chi connectivity index (χ1v) is 4.39. The van der Waals surface area contributed by atoms with Crippen molar-refractivity contribution in [3.8, 4) is 0 Å². The second-order valence-electron chi connectivity index (χ2n) is 2.93. The molecular weight excluding hydrogens is 196 g/mol. The number of hydrogen-bond acceptors (Lipinski definition) is 5. The van der Waals surface area contributed by atoms with E-state index in [-0.39, 0.29) is 29.4 Å². The molecule has 0 aromatic heterocycles. The zero-order valence-electron chi connectivity index (χ0n) is 8.55. The Morgan fingerprint density at radius 2 is 2.13 bits per heavy atom. The molecule has 6 nitrogen and oxygen atoms in total. The Morgan fingerprint density at radius 3 is 2.67 bits per heavy atom. The molecule has 15 heavy (non-hydrogen) atoms. The molecule has 4 N–H and O–H groups in total. The molecule has 0 bridgehead atoms. The maximum atomic E-state index is 11.5. The predicted molar refractivity (Wildman–Crippen MR) is 56.4 cm³/mol. The summed E-state index contributed by atoms with van der Waals surface area (Å²) < 4.78 is 4.78. The molecule has 0 aromatic carbocycles. The summed E-state index contributed by atoms with van der Waals surface area (Å²) in [5.74, 6) is -0.841. The van der Waals surface area contributed by atoms with Gasteiger partial charge in [0.15, 0.2) is 5.84 Å². The van der Waals surface area contributed by atoms with Crippen molar-refractivity contribution in [3.05, 3.63) is 11.3 Å². The highest BCUT2D eigenvalue weighted by Gasteiger charge is 2.26. The van der Waals surface area contributed by atoms with Gasteiger partial charge in [-0.3, -0.25) is 10.8 Å². The molecule has 0 saturated heterocycles. The Balaban J connectivity index is 3.16. The smallest absolute Gasteiger partial charge is 0.342 e. The summed E-state index contributed by atoms with van der Waals surface area (Å²) in [6, 6.07) is 0. The number of hydrogen-bond donors (Lipinski definition) is 3. The van der Waals surface area contributed by atoms with Crippen molar-refractivity contribution in [2.24, 2.45) is 10.7 Å². The molecule has 1 aliphatic heterocycles. The second kappa shape index (κ2) is 4.04. The van der Waals surface area contributed by atoms with E-state index in [1.807, 2.05) is 0 Å². The van der Waals surface area contributed by atoms with Gasteiger partial charge < -0.3 is 10.5 Å². The van der Waals surface area contributed by atoms with Crippen LogP contribution in [0.15, 0.2) is 16.3 Å². The highest BCUT2D eigenvalue weighted by Crippen LogP contribution is 2.12. The molecule has 0 saturated carbocycles. The van der Waals surface area contributed by atoms with E-state index in [1.165, 1.54) is 0 Å². The third-order valence-electron chi connectivity index (χ3n) is 1.90. The number of nitrogens with two attached hydrogens (primary N) is 1. The lowest BCUT2D eigenvalue weighted by Gasteiger charge is -2.15. The Bertz CT molecular complexity index is 406. The maximum Gasteiger partial charge on any atom is 0.342 e. The topological polar surface area (TPSA) is 112 Å². The molecule has 80 valence electrons. The van der Waals surface area contributed by atoms with Gasteiger partial charge in [0.2, 0.25) is 0 Å². The third-order valence-corrected chi connectivity index (χ3v) is 1.90. The van der Waals surface area contributed by atoms with Gasteiger partial charge in [-0.15, -0.1) is 0 Å². The zero-order valence-corrected chi connectivity index (χ0v) is 8.55. The minimum atomic E-state index is -0.603. The van der Waals surface area contributed by atoms with E-state index in [0.29, 0.717) is 5.71 Å². The Morgan fingerprint density at radius 1 is 1.53 bits per heavy atom. The van der Waals surface area contributed by atoms with E-state index in [1.54, 1.807) is 13.8 Å². The normalized spacial score (nSPS) is 16.5. The van der Waals surface area contributed by atoms with Crippen LogP contribution in [0.5, 0.6) is 0 Å². The lowest BCUT2D eigenvalue weighted by atomic mass is 10.0. The van der Waals surface area contributed by atoms with Crippen molar-refractivity contribution in [2.45, 2.75) is 13.8 Å². The number of rotatable bonds is 2. The number of ether oxygens (including phenoxy) is 1. The molecule has 0 amide bonds. The summed E-state index contributed by atoms with van der Waals surface area (Å²) in [6.45, 7) is 3.46. The van der Waals surface area contributed by atoms with Crippen LogP contribution < -0.4 is 5.73 Å². The summed E-state index contributed by atoms with van der Waals surface area (Å²) in [5.41, 5.74) is 5.66. The average Bonchev–Trinajstić information content (AvgIpc) is 2.15. The summed E-state index contributed by atoms with van der Waals surface area (Å²) in [5, 5.41) is 14.7. The maximum absolute atomic E-state index is 11.5. The lowest BCUT2D eigenvalue weighted by molar-refractivity contribution is -0.137. The zero-order chi connectivity index (χ0) is 11.6. The SMILES string of the molecule is CCOC(=O)C1=C(N)C(=N)C(=N)N=C1C. The van der Waals surface area contributed by atoms with Crippen LogP contribution in [0.25, 0.3) is 0 Å². The molecule has 1 heterocycles. The fourth-order valence-electron chi connectivity index (χ4n) is 1.19. The minimum absolute atomic E-state index is 0.0500. The van der Waals surface area contributed by atoms with Crippen molar-refractivity contribution in [1.29, 1.82) is 10.8 Å². The fourth-order valence-corrected chi connectivity index (χ4v) is 1.19. The Labute approximate surface area is 86.8 Å².